The van der Waals surface area contributed by atoms with Crippen molar-refractivity contribution in [2.45, 2.75) is 25.7 Å². The van der Waals surface area contributed by atoms with Crippen LogP contribution in [0.1, 0.15) is 25.7 Å². The number of rotatable bonds is 0. The molecule has 0 spiro atoms. The van der Waals surface area contributed by atoms with Gasteiger partial charge in [0.15, 0.2) is 11.5 Å². The molecule has 0 bridgehead atoms. The molecule has 0 radical (unpaired) electrons. The summed E-state index contributed by atoms with van der Waals surface area (Å²) in [4.78, 5) is 10.5. The first kappa shape index (κ1) is 10.0. The first-order valence-corrected chi connectivity index (χ1v) is 5.29. The Kier molecular flexibility index (Phi) is 3.22. The summed E-state index contributed by atoms with van der Waals surface area (Å²) in [6, 6.07) is 7.84. The van der Waals surface area contributed by atoms with Crippen molar-refractivity contribution in [2.75, 3.05) is 6.61 Å². The van der Waals surface area contributed by atoms with E-state index in [2.05, 4.69) is 0 Å². The fourth-order valence-corrected chi connectivity index (χ4v) is 1.42. The summed E-state index contributed by atoms with van der Waals surface area (Å²) < 4.78 is 9.70. The third-order valence-electron chi connectivity index (χ3n) is 2.32. The van der Waals surface area contributed by atoms with E-state index in [1.165, 1.54) is 0 Å². The minimum atomic E-state index is -0.0255. The molecule has 0 N–H and O–H groups in total. The Bertz CT molecular complexity index is 315. The predicted octanol–water partition coefficient (Wildman–Crippen LogP) is 2.90. The van der Waals surface area contributed by atoms with Gasteiger partial charge in [-0.3, -0.25) is 4.79 Å². The van der Waals surface area contributed by atoms with Gasteiger partial charge >= 0.3 is 5.97 Å². The zero-order valence-corrected chi connectivity index (χ0v) is 8.57. The van der Waals surface area contributed by atoms with Crippen molar-refractivity contribution < 1.29 is 14.3 Å². The van der Waals surface area contributed by atoms with Gasteiger partial charge in [0.05, 0.1) is 6.61 Å². The van der Waals surface area contributed by atoms with Gasteiger partial charge in [0.1, 0.15) is 0 Å². The van der Waals surface area contributed by atoms with Crippen LogP contribution < -0.4 is 4.74 Å². The number of hydrogen-bond acceptors (Lipinski definition) is 3. The number of carbonyl (C=O) groups is 1. The maximum Gasteiger partial charge on any atom is 0.305 e. The maximum atomic E-state index is 10.5. The van der Waals surface area contributed by atoms with Gasteiger partial charge in [-0.15, -0.1) is 0 Å². The molecule has 1 fully saturated rings. The van der Waals surface area contributed by atoms with E-state index < -0.39 is 0 Å². The van der Waals surface area contributed by atoms with Gasteiger partial charge in [0.2, 0.25) is 0 Å². The average molecular weight is 206 g/mol. The van der Waals surface area contributed by atoms with Crippen molar-refractivity contribution in [2.24, 2.45) is 0 Å². The molecular formula is C12H14O3. The van der Waals surface area contributed by atoms with E-state index in [4.69, 9.17) is 9.47 Å². The van der Waals surface area contributed by atoms with Crippen molar-refractivity contribution in [3.63, 3.8) is 0 Å². The Morgan fingerprint density at radius 3 is 2.40 bits per heavy atom. The van der Waals surface area contributed by atoms with E-state index >= 15 is 0 Å². The summed E-state index contributed by atoms with van der Waals surface area (Å²) in [6.45, 7) is 0.638. The van der Waals surface area contributed by atoms with E-state index in [0.717, 1.165) is 30.8 Å². The van der Waals surface area contributed by atoms with E-state index in [1.807, 2.05) is 24.3 Å². The smallest absolute Gasteiger partial charge is 0.305 e. The van der Waals surface area contributed by atoms with Crippen LogP contribution in [0.3, 0.4) is 0 Å². The van der Waals surface area contributed by atoms with Gasteiger partial charge in [-0.1, -0.05) is 12.1 Å². The summed E-state index contributed by atoms with van der Waals surface area (Å²) >= 11 is 0. The molecule has 0 unspecified atom stereocenters. The molecule has 2 aliphatic rings. The summed E-state index contributed by atoms with van der Waals surface area (Å²) in [5.74, 6) is 2.03. The van der Waals surface area contributed by atoms with Crippen LogP contribution in [-0.4, -0.2) is 12.6 Å². The first-order chi connectivity index (χ1) is 7.36. The Labute approximate surface area is 89.0 Å². The van der Waals surface area contributed by atoms with Crippen LogP contribution in [0.25, 0.3) is 0 Å². The number of benzene rings is 1. The second-order valence-corrected chi connectivity index (χ2v) is 3.58. The number of cyclic esters (lactones) is 1. The van der Waals surface area contributed by atoms with Crippen molar-refractivity contribution in [3.8, 4) is 11.5 Å². The molecule has 1 saturated heterocycles. The van der Waals surface area contributed by atoms with Crippen molar-refractivity contribution in [1.29, 1.82) is 0 Å². The van der Waals surface area contributed by atoms with E-state index in [1.54, 1.807) is 0 Å². The summed E-state index contributed by atoms with van der Waals surface area (Å²) in [5, 5.41) is 0. The minimum absolute atomic E-state index is 0.0255. The highest BCUT2D eigenvalue weighted by Crippen LogP contribution is 2.43. The largest absolute Gasteiger partial charge is 0.466 e. The summed E-state index contributed by atoms with van der Waals surface area (Å²) in [7, 11) is 0. The molecule has 0 aliphatic carbocycles. The standard InChI is InChI=1S/C6H10O2.C6H4O/c7-6-4-2-1-3-5-8-6;1-2-4-6-5(3-1)7-6/h1-5H2;1-4H. The second kappa shape index (κ2) is 4.82. The number of para-hydroxylation sites is 2. The molecule has 3 nitrogen and oxygen atoms in total. The molecule has 2 heterocycles. The molecule has 3 heteroatoms. The van der Waals surface area contributed by atoms with Crippen LogP contribution in [0.5, 0.6) is 11.5 Å². The quantitative estimate of drug-likeness (QED) is 0.491. The lowest BCUT2D eigenvalue weighted by atomic mass is 10.2. The predicted molar refractivity (Wildman–Crippen MR) is 55.9 cm³/mol. The third kappa shape index (κ3) is 3.27. The molecular weight excluding hydrogens is 192 g/mol. The van der Waals surface area contributed by atoms with Gasteiger partial charge in [0, 0.05) is 6.42 Å². The lowest BCUT2D eigenvalue weighted by Crippen LogP contribution is -2.00. The fraction of sp³-hybridized carbons (Fsp3) is 0.417. The molecule has 80 valence electrons. The minimum Gasteiger partial charge on any atom is -0.466 e. The number of ether oxygens (including phenoxy) is 2. The van der Waals surface area contributed by atoms with E-state index in [0.29, 0.717) is 13.0 Å². The monoisotopic (exact) mass is 206 g/mol. The zero-order chi connectivity index (χ0) is 10.5. The van der Waals surface area contributed by atoms with Crippen LogP contribution >= 0.6 is 0 Å². The summed E-state index contributed by atoms with van der Waals surface area (Å²) in [6.07, 6.45) is 3.83. The highest BCUT2D eigenvalue weighted by Gasteiger charge is 2.15. The molecule has 1 aromatic carbocycles. The second-order valence-electron chi connectivity index (χ2n) is 3.58. The maximum absolute atomic E-state index is 10.5. The number of esters is 1. The van der Waals surface area contributed by atoms with Crippen LogP contribution in [0.2, 0.25) is 0 Å². The van der Waals surface area contributed by atoms with Gasteiger partial charge in [0.25, 0.3) is 0 Å². The van der Waals surface area contributed by atoms with Crippen LogP contribution in [0, 0.1) is 0 Å². The lowest BCUT2D eigenvalue weighted by Gasteiger charge is -1.93. The molecule has 15 heavy (non-hydrogen) atoms. The number of carbonyl (C=O) groups excluding carboxylic acids is 1. The van der Waals surface area contributed by atoms with Crippen LogP contribution in [0.4, 0.5) is 0 Å². The highest BCUT2D eigenvalue weighted by molar-refractivity contribution is 5.69. The van der Waals surface area contributed by atoms with Crippen molar-refractivity contribution in [1.82, 2.24) is 0 Å². The van der Waals surface area contributed by atoms with E-state index in [-0.39, 0.29) is 5.97 Å². The lowest BCUT2D eigenvalue weighted by molar-refractivity contribution is -0.142. The fourth-order valence-electron chi connectivity index (χ4n) is 1.42. The van der Waals surface area contributed by atoms with E-state index in [9.17, 15) is 4.79 Å². The van der Waals surface area contributed by atoms with Gasteiger partial charge in [-0.05, 0) is 31.4 Å². The topological polar surface area (TPSA) is 38.8 Å². The Morgan fingerprint density at radius 1 is 1.00 bits per heavy atom. The highest BCUT2D eigenvalue weighted by atomic mass is 16.6. The molecule has 0 amide bonds. The van der Waals surface area contributed by atoms with Gasteiger partial charge in [-0.25, -0.2) is 0 Å². The SMILES string of the molecule is O=C1CCCCCO1.c1ccc2c(c1)O2. The molecule has 0 atom stereocenters. The Morgan fingerprint density at radius 2 is 1.73 bits per heavy atom. The molecule has 1 aromatic rings. The van der Waals surface area contributed by atoms with Gasteiger partial charge < -0.3 is 9.47 Å². The molecule has 3 rings (SSSR count). The van der Waals surface area contributed by atoms with Crippen molar-refractivity contribution in [3.05, 3.63) is 24.3 Å². The Balaban J connectivity index is 0.000000114. The summed E-state index contributed by atoms with van der Waals surface area (Å²) in [5.41, 5.74) is 0. The molecule has 0 aromatic heterocycles. The average Bonchev–Trinajstić information content (AvgIpc) is 3.02. The molecule has 2 aliphatic heterocycles. The molecule has 0 saturated carbocycles. The zero-order valence-electron chi connectivity index (χ0n) is 8.57. The number of fused-ring (bicyclic) bond motifs is 1. The third-order valence-corrected chi connectivity index (χ3v) is 2.32. The van der Waals surface area contributed by atoms with Gasteiger partial charge in [-0.2, -0.15) is 0 Å². The Hall–Kier alpha value is -1.51. The van der Waals surface area contributed by atoms with Crippen molar-refractivity contribution >= 4 is 5.97 Å². The van der Waals surface area contributed by atoms with Crippen LogP contribution in [-0.2, 0) is 9.53 Å². The number of hydrogen-bond donors (Lipinski definition) is 0. The first-order valence-electron chi connectivity index (χ1n) is 5.29. The van der Waals surface area contributed by atoms with Crippen LogP contribution in [0.15, 0.2) is 24.3 Å². The normalized spacial score (nSPS) is 17.2.